The minimum absolute atomic E-state index is 1.12. The predicted molar refractivity (Wildman–Crippen MR) is 279 cm³/mol. The molecule has 14 aromatic rings. The summed E-state index contributed by atoms with van der Waals surface area (Å²) in [4.78, 5) is 0. The summed E-state index contributed by atoms with van der Waals surface area (Å²) in [5.74, 6) is 0. The molecule has 0 radical (unpaired) electrons. The van der Waals surface area contributed by atoms with E-state index < -0.39 is 0 Å². The molecule has 0 saturated carbocycles. The van der Waals surface area contributed by atoms with Crippen LogP contribution in [0.5, 0.6) is 0 Å². The number of hydrogen-bond acceptors (Lipinski definition) is 0. The number of nitrogens with zero attached hydrogens (tertiary/aromatic N) is 4. The summed E-state index contributed by atoms with van der Waals surface area (Å²) in [6.45, 7) is 0. The first-order chi connectivity index (χ1) is 33.8. The van der Waals surface area contributed by atoms with E-state index in [2.05, 4.69) is 261 Å². The summed E-state index contributed by atoms with van der Waals surface area (Å²) in [6, 6.07) is 89.5. The third-order valence-electron chi connectivity index (χ3n) is 14.5. The molecule has 316 valence electrons. The maximum absolute atomic E-state index is 2.54. The van der Waals surface area contributed by atoms with Crippen molar-refractivity contribution in [3.05, 3.63) is 285 Å². The van der Waals surface area contributed by atoms with Gasteiger partial charge in [0.15, 0.2) is 0 Å². The van der Waals surface area contributed by atoms with Crippen LogP contribution in [0.3, 0.4) is 0 Å². The SMILES string of the molecule is c1ccc(-n2c3c(c4cc5c(cc42)c2ccccc2n5-c2ccccc2)=c2ccccc2=c2c(c4cc5c(cc4n2-c2ccccc2)c2ccccc2n5-c2ccccc2)=c2ccccc2=3)cc1. The largest absolute Gasteiger partial charge is 0.309 e. The Morgan fingerprint density at radius 1 is 0.191 bits per heavy atom. The Morgan fingerprint density at radius 3 is 0.853 bits per heavy atom. The van der Waals surface area contributed by atoms with Crippen LogP contribution in [0.15, 0.2) is 243 Å². The van der Waals surface area contributed by atoms with Crippen molar-refractivity contribution in [2.24, 2.45) is 0 Å². The molecule has 4 heteroatoms. The molecule has 4 aromatic heterocycles. The Bertz CT molecular complexity index is 4510. The van der Waals surface area contributed by atoms with Crippen LogP contribution in [-0.2, 0) is 0 Å². The molecular formula is C64H40N4. The normalized spacial score (nSPS) is 12.1. The van der Waals surface area contributed by atoms with Gasteiger partial charge in [0.05, 0.1) is 43.8 Å². The molecule has 0 N–H and O–H groups in total. The third kappa shape index (κ3) is 5.09. The van der Waals surface area contributed by atoms with Gasteiger partial charge >= 0.3 is 0 Å². The molecule has 10 aromatic carbocycles. The highest BCUT2D eigenvalue weighted by molar-refractivity contribution is 6.15. The van der Waals surface area contributed by atoms with Crippen molar-refractivity contribution in [1.82, 2.24) is 18.3 Å². The fourth-order valence-electron chi connectivity index (χ4n) is 11.8. The molecule has 0 spiro atoms. The van der Waals surface area contributed by atoms with Gasteiger partial charge in [0.2, 0.25) is 0 Å². The van der Waals surface area contributed by atoms with Crippen molar-refractivity contribution in [3.8, 4) is 22.7 Å². The van der Waals surface area contributed by atoms with Crippen LogP contribution in [-0.4, -0.2) is 18.3 Å². The highest BCUT2D eigenvalue weighted by atomic mass is 15.0. The van der Waals surface area contributed by atoms with E-state index in [0.29, 0.717) is 0 Å². The molecule has 0 unspecified atom stereocenters. The Hall–Kier alpha value is -9.12. The molecule has 1 aliphatic rings. The highest BCUT2D eigenvalue weighted by Gasteiger charge is 2.22. The zero-order valence-electron chi connectivity index (χ0n) is 36.9. The first-order valence-corrected chi connectivity index (χ1v) is 23.4. The van der Waals surface area contributed by atoms with Crippen molar-refractivity contribution < 1.29 is 0 Å². The van der Waals surface area contributed by atoms with Crippen LogP contribution in [0.25, 0.3) is 88.2 Å². The van der Waals surface area contributed by atoms with Crippen molar-refractivity contribution in [2.45, 2.75) is 0 Å². The van der Waals surface area contributed by atoms with Gasteiger partial charge in [-0.05, 0) is 95.4 Å². The predicted octanol–water partition coefficient (Wildman–Crippen LogP) is 15.2. The van der Waals surface area contributed by atoms with E-state index in [4.69, 9.17) is 0 Å². The molecule has 0 atom stereocenters. The number of fused-ring (bicyclic) bond motifs is 14. The van der Waals surface area contributed by atoms with Gasteiger partial charge in [-0.1, -0.05) is 158 Å². The lowest BCUT2D eigenvalue weighted by Gasteiger charge is -2.09. The number of para-hydroxylation sites is 6. The molecule has 0 amide bonds. The quantitative estimate of drug-likeness (QED) is 0.168. The second-order valence-corrected chi connectivity index (χ2v) is 18.0. The van der Waals surface area contributed by atoms with Crippen molar-refractivity contribution in [2.75, 3.05) is 0 Å². The fraction of sp³-hybridized carbons (Fsp3) is 0. The monoisotopic (exact) mass is 864 g/mol. The zero-order valence-corrected chi connectivity index (χ0v) is 36.9. The summed E-state index contributed by atoms with van der Waals surface area (Å²) in [6.07, 6.45) is 0. The Kier molecular flexibility index (Phi) is 7.75. The Morgan fingerprint density at radius 2 is 0.471 bits per heavy atom. The van der Waals surface area contributed by atoms with E-state index in [1.54, 1.807) is 0 Å². The van der Waals surface area contributed by atoms with Crippen LogP contribution in [0.2, 0.25) is 0 Å². The smallest absolute Gasteiger partial charge is 0.0625 e. The molecule has 4 heterocycles. The van der Waals surface area contributed by atoms with Crippen molar-refractivity contribution >= 4 is 65.4 Å². The Labute approximate surface area is 389 Å². The van der Waals surface area contributed by atoms with Crippen molar-refractivity contribution in [3.63, 3.8) is 0 Å². The van der Waals surface area contributed by atoms with Crippen LogP contribution in [0.4, 0.5) is 0 Å². The van der Waals surface area contributed by atoms with Gasteiger partial charge in [-0.25, -0.2) is 0 Å². The lowest BCUT2D eigenvalue weighted by atomic mass is 10.0. The molecular weight excluding hydrogens is 825 g/mol. The summed E-state index contributed by atoms with van der Waals surface area (Å²) >= 11 is 0. The van der Waals surface area contributed by atoms with Crippen LogP contribution in [0, 0.1) is 42.0 Å². The number of benzene rings is 10. The summed E-state index contributed by atoms with van der Waals surface area (Å²) in [7, 11) is 0. The molecule has 0 bridgehead atoms. The second kappa shape index (κ2) is 14.2. The first-order valence-electron chi connectivity index (χ1n) is 23.4. The van der Waals surface area contributed by atoms with Gasteiger partial charge < -0.3 is 18.3 Å². The number of rotatable bonds is 4. The number of hydrogen-bond donors (Lipinski definition) is 0. The van der Waals surface area contributed by atoms with Gasteiger partial charge in [0, 0.05) is 75.9 Å². The maximum atomic E-state index is 2.54. The average molecular weight is 865 g/mol. The second-order valence-electron chi connectivity index (χ2n) is 18.0. The van der Waals surface area contributed by atoms with E-state index in [-0.39, 0.29) is 0 Å². The Balaban J connectivity index is 1.28. The van der Waals surface area contributed by atoms with E-state index in [9.17, 15) is 0 Å². The minimum atomic E-state index is 1.12. The standard InChI is InChI=1S/C64H40N4/c1-5-21-41(22-6-1)65-55-35-19-17-29-45(55)51-37-59-53(39-57(51)65)61-47-31-13-15-33-49(47)64-62(48-32-14-16-34-50(48)63(61)67(59)43-25-9-3-10-26-43)54-40-58-52(38-60(54)68(64)44-27-11-4-12-28-44)46-30-18-20-36-56(46)66(58)42-23-7-2-8-24-42/h1-40H. The topological polar surface area (TPSA) is 19.7 Å². The maximum Gasteiger partial charge on any atom is 0.0625 e. The molecule has 0 aliphatic heterocycles. The average Bonchev–Trinajstić information content (AvgIpc) is 4.12. The van der Waals surface area contributed by atoms with Gasteiger partial charge in [0.25, 0.3) is 0 Å². The van der Waals surface area contributed by atoms with Gasteiger partial charge in [0.1, 0.15) is 0 Å². The molecule has 0 saturated heterocycles. The lowest BCUT2D eigenvalue weighted by molar-refractivity contribution is 1.04. The molecule has 0 fully saturated rings. The highest BCUT2D eigenvalue weighted by Crippen LogP contribution is 2.40. The van der Waals surface area contributed by atoms with Crippen LogP contribution >= 0.6 is 0 Å². The van der Waals surface area contributed by atoms with Gasteiger partial charge in [-0.15, -0.1) is 0 Å². The molecule has 1 aliphatic carbocycles. The first kappa shape index (κ1) is 37.1. The van der Waals surface area contributed by atoms with Crippen LogP contribution < -0.4 is 0 Å². The van der Waals surface area contributed by atoms with E-state index in [1.165, 1.54) is 107 Å². The fourth-order valence-corrected chi connectivity index (χ4v) is 11.8. The summed E-state index contributed by atoms with van der Waals surface area (Å²) in [5.41, 5.74) is 11.6. The molecule has 4 nitrogen and oxygen atoms in total. The third-order valence-corrected chi connectivity index (χ3v) is 14.5. The lowest BCUT2D eigenvalue weighted by Crippen LogP contribution is -1.98. The van der Waals surface area contributed by atoms with Crippen LogP contribution in [0.1, 0.15) is 0 Å². The summed E-state index contributed by atoms with van der Waals surface area (Å²) in [5, 5.41) is 16.9. The zero-order chi connectivity index (χ0) is 44.5. The van der Waals surface area contributed by atoms with Gasteiger partial charge in [-0.2, -0.15) is 0 Å². The number of aromatic nitrogens is 4. The molecule has 15 rings (SSSR count). The summed E-state index contributed by atoms with van der Waals surface area (Å²) < 4.78 is 9.98. The molecule has 68 heavy (non-hydrogen) atoms. The minimum Gasteiger partial charge on any atom is -0.309 e. The van der Waals surface area contributed by atoms with E-state index in [1.807, 2.05) is 0 Å². The van der Waals surface area contributed by atoms with E-state index >= 15 is 0 Å². The van der Waals surface area contributed by atoms with E-state index in [0.717, 1.165) is 22.7 Å². The van der Waals surface area contributed by atoms with Crippen molar-refractivity contribution in [1.29, 1.82) is 0 Å². The van der Waals surface area contributed by atoms with Gasteiger partial charge in [-0.3, -0.25) is 0 Å².